The van der Waals surface area contributed by atoms with E-state index in [2.05, 4.69) is 14.7 Å². The Morgan fingerprint density at radius 3 is 2.41 bits per heavy atom. The van der Waals surface area contributed by atoms with Crippen molar-refractivity contribution >= 4 is 34.5 Å². The molecule has 4 rings (SSSR count). The second kappa shape index (κ2) is 8.23. The summed E-state index contributed by atoms with van der Waals surface area (Å²) in [7, 11) is 0. The number of aromatic nitrogens is 2. The van der Waals surface area contributed by atoms with E-state index in [9.17, 15) is 22.0 Å². The van der Waals surface area contributed by atoms with Crippen LogP contribution in [0, 0.1) is 17.5 Å². The summed E-state index contributed by atoms with van der Waals surface area (Å²) in [6, 6.07) is 9.00. The first-order chi connectivity index (χ1) is 15.1. The molecule has 0 amide bonds. The number of nitrogens with zero attached hydrogens (tertiary/aromatic N) is 2. The molecule has 0 bridgehead atoms. The van der Waals surface area contributed by atoms with Crippen molar-refractivity contribution in [3.63, 3.8) is 0 Å². The van der Waals surface area contributed by atoms with Gasteiger partial charge in [0.05, 0.1) is 22.3 Å². The van der Waals surface area contributed by atoms with Gasteiger partial charge in [-0.15, -0.1) is 0 Å². The van der Waals surface area contributed by atoms with Crippen LogP contribution in [-0.2, 0) is 6.18 Å². The van der Waals surface area contributed by atoms with Crippen molar-refractivity contribution in [2.45, 2.75) is 11.1 Å². The molecule has 3 N–H and O–H groups in total. The first-order valence-corrected chi connectivity index (χ1v) is 9.75. The van der Waals surface area contributed by atoms with Gasteiger partial charge in [0, 0.05) is 16.5 Å². The number of anilines is 2. The highest BCUT2D eigenvalue weighted by Crippen LogP contribution is 2.36. The fraction of sp³-hybridized carbons (Fsp3) is 0.0476. The molecule has 164 valence electrons. The Morgan fingerprint density at radius 2 is 1.66 bits per heavy atom. The number of benzene rings is 3. The molecule has 0 atom stereocenters. The molecule has 4 nitrogen and oxygen atoms in total. The third kappa shape index (κ3) is 4.28. The molecule has 1 heterocycles. The van der Waals surface area contributed by atoms with Gasteiger partial charge in [-0.2, -0.15) is 13.2 Å². The summed E-state index contributed by atoms with van der Waals surface area (Å²) in [5.74, 6) is -3.15. The number of fused-ring (bicyclic) bond motifs is 1. The monoisotopic (exact) mass is 466 g/mol. The lowest BCUT2D eigenvalue weighted by Crippen LogP contribution is -2.08. The second-order valence-corrected chi connectivity index (χ2v) is 7.51. The number of rotatable bonds is 4. The summed E-state index contributed by atoms with van der Waals surface area (Å²) in [6.07, 6.45) is -3.46. The summed E-state index contributed by atoms with van der Waals surface area (Å²) in [5.41, 5.74) is 4.27. The van der Waals surface area contributed by atoms with Crippen molar-refractivity contribution in [2.24, 2.45) is 0 Å². The first kappa shape index (κ1) is 21.8. The number of alkyl halides is 3. The zero-order chi connectivity index (χ0) is 23.0. The van der Waals surface area contributed by atoms with E-state index in [1.807, 2.05) is 0 Å². The number of nitrogens with two attached hydrogens (primary N) is 1. The molecule has 3 aromatic carbocycles. The van der Waals surface area contributed by atoms with Gasteiger partial charge in [-0.1, -0.05) is 6.07 Å². The normalized spacial score (nSPS) is 11.7. The Labute approximate surface area is 181 Å². The topological polar surface area (TPSA) is 63.8 Å². The van der Waals surface area contributed by atoms with Crippen molar-refractivity contribution in [2.75, 3.05) is 10.5 Å². The molecule has 0 fully saturated rings. The van der Waals surface area contributed by atoms with Gasteiger partial charge in [0.2, 0.25) is 5.95 Å². The molecule has 1 aromatic heterocycles. The van der Waals surface area contributed by atoms with Crippen LogP contribution in [0.1, 0.15) is 5.56 Å². The van der Waals surface area contributed by atoms with Crippen LogP contribution in [0.2, 0.25) is 0 Å². The van der Waals surface area contributed by atoms with Gasteiger partial charge in [-0.3, -0.25) is 0 Å². The molecule has 11 heteroatoms. The molecule has 0 saturated heterocycles. The Balaban J connectivity index is 1.65. The van der Waals surface area contributed by atoms with Crippen LogP contribution in [-0.4, -0.2) is 9.97 Å². The lowest BCUT2D eigenvalue weighted by atomic mass is 10.0. The minimum atomic E-state index is -4.88. The van der Waals surface area contributed by atoms with Crippen LogP contribution in [0.5, 0.6) is 0 Å². The highest BCUT2D eigenvalue weighted by atomic mass is 32.2. The Morgan fingerprint density at radius 1 is 0.906 bits per heavy atom. The predicted molar refractivity (Wildman–Crippen MR) is 110 cm³/mol. The number of halogens is 6. The fourth-order valence-electron chi connectivity index (χ4n) is 3.00. The Kier molecular flexibility index (Phi) is 5.59. The highest BCUT2D eigenvalue weighted by molar-refractivity contribution is 8.00. The van der Waals surface area contributed by atoms with Gasteiger partial charge in [-0.25, -0.2) is 23.1 Å². The van der Waals surface area contributed by atoms with E-state index >= 15 is 4.39 Å². The third-order valence-electron chi connectivity index (χ3n) is 4.50. The smallest absolute Gasteiger partial charge is 0.368 e. The molecule has 0 saturated carbocycles. The predicted octanol–water partition coefficient (Wildman–Crippen LogP) is 6.43. The molecule has 0 spiro atoms. The fourth-order valence-corrected chi connectivity index (χ4v) is 3.70. The lowest BCUT2D eigenvalue weighted by molar-refractivity contribution is -0.140. The minimum absolute atomic E-state index is 0.00978. The van der Waals surface area contributed by atoms with Crippen molar-refractivity contribution < 1.29 is 26.3 Å². The molecule has 0 aliphatic heterocycles. The quantitative estimate of drug-likeness (QED) is 0.268. The number of hydrogen-bond donors (Lipinski definition) is 2. The average molecular weight is 466 g/mol. The average Bonchev–Trinajstić information content (AvgIpc) is 2.73. The number of hydrogen-bond acceptors (Lipinski definition) is 5. The van der Waals surface area contributed by atoms with Gasteiger partial charge in [-0.05, 0) is 60.0 Å². The largest absolute Gasteiger partial charge is 0.419 e. The van der Waals surface area contributed by atoms with E-state index in [0.29, 0.717) is 35.0 Å². The number of nitrogen functional groups attached to an aromatic ring is 1. The van der Waals surface area contributed by atoms with Gasteiger partial charge in [0.25, 0.3) is 0 Å². The molecule has 4 aromatic rings. The SMILES string of the molecule is Nc1ncc2cc(-c3c(F)ccc(NSc4ccc(F)c(C(F)(F)F)c4)c3F)ccc2n1. The molecule has 32 heavy (non-hydrogen) atoms. The van der Waals surface area contributed by atoms with Gasteiger partial charge in [0.15, 0.2) is 5.82 Å². The summed E-state index contributed by atoms with van der Waals surface area (Å²) < 4.78 is 84.2. The molecule has 0 unspecified atom stereocenters. The van der Waals surface area contributed by atoms with Gasteiger partial charge in [0.1, 0.15) is 11.6 Å². The zero-order valence-electron chi connectivity index (χ0n) is 15.8. The van der Waals surface area contributed by atoms with Crippen LogP contribution < -0.4 is 10.5 Å². The molecule has 0 radical (unpaired) electrons. The van der Waals surface area contributed by atoms with E-state index < -0.39 is 29.2 Å². The van der Waals surface area contributed by atoms with Crippen molar-refractivity contribution in [3.05, 3.63) is 77.7 Å². The Bertz CT molecular complexity index is 1330. The zero-order valence-corrected chi connectivity index (χ0v) is 16.7. The van der Waals surface area contributed by atoms with Crippen LogP contribution in [0.25, 0.3) is 22.0 Å². The van der Waals surface area contributed by atoms with E-state index in [1.165, 1.54) is 24.4 Å². The first-order valence-electron chi connectivity index (χ1n) is 8.94. The van der Waals surface area contributed by atoms with Gasteiger partial charge < -0.3 is 10.5 Å². The van der Waals surface area contributed by atoms with E-state index in [4.69, 9.17) is 5.73 Å². The molecular formula is C21H12F6N4S. The number of nitrogens with one attached hydrogen (secondary N) is 1. The summed E-state index contributed by atoms with van der Waals surface area (Å²) in [5, 5.41) is 0.509. The molecule has 0 aliphatic carbocycles. The maximum atomic E-state index is 15.1. The molecule has 0 aliphatic rings. The van der Waals surface area contributed by atoms with Crippen LogP contribution in [0.3, 0.4) is 0 Å². The third-order valence-corrected chi connectivity index (χ3v) is 5.31. The van der Waals surface area contributed by atoms with Crippen LogP contribution in [0.15, 0.2) is 59.6 Å². The van der Waals surface area contributed by atoms with E-state index in [0.717, 1.165) is 18.2 Å². The summed E-state index contributed by atoms with van der Waals surface area (Å²) >= 11 is 0.628. The van der Waals surface area contributed by atoms with Crippen molar-refractivity contribution in [1.82, 2.24) is 9.97 Å². The lowest BCUT2D eigenvalue weighted by Gasteiger charge is -2.13. The maximum absolute atomic E-state index is 15.1. The maximum Gasteiger partial charge on any atom is 0.419 e. The van der Waals surface area contributed by atoms with E-state index in [-0.39, 0.29) is 27.7 Å². The molecular weight excluding hydrogens is 454 g/mol. The van der Waals surface area contributed by atoms with E-state index in [1.54, 1.807) is 0 Å². The minimum Gasteiger partial charge on any atom is -0.368 e. The highest BCUT2D eigenvalue weighted by Gasteiger charge is 2.34. The summed E-state index contributed by atoms with van der Waals surface area (Å²) in [4.78, 5) is 7.87. The Hall–Kier alpha value is -3.47. The van der Waals surface area contributed by atoms with Crippen molar-refractivity contribution in [3.8, 4) is 11.1 Å². The second-order valence-electron chi connectivity index (χ2n) is 6.63. The van der Waals surface area contributed by atoms with Crippen LogP contribution in [0.4, 0.5) is 38.0 Å². The van der Waals surface area contributed by atoms with Crippen LogP contribution >= 0.6 is 11.9 Å². The summed E-state index contributed by atoms with van der Waals surface area (Å²) in [6.45, 7) is 0. The van der Waals surface area contributed by atoms with Gasteiger partial charge >= 0.3 is 6.18 Å². The van der Waals surface area contributed by atoms with Crippen molar-refractivity contribution in [1.29, 1.82) is 0 Å². The standard InChI is InChI=1S/C21H12F6N4S/c22-14-3-2-12(8-13(14)21(25,26)27)32-31-17-6-4-15(23)18(19(17)24)10-1-5-16-11(7-10)9-29-20(28)30-16/h1-9,31H,(H2,28,29,30).